The average molecular weight is 297 g/mol. The van der Waals surface area contributed by atoms with E-state index in [0.717, 1.165) is 22.3 Å². The maximum atomic E-state index is 9.01. The SMILES string of the molecule is N#CCc1nc2ccccc2n1-c1ccc(CN)cc1Cl. The Kier molecular flexibility index (Phi) is 3.61. The third kappa shape index (κ3) is 2.38. The minimum Gasteiger partial charge on any atom is -0.326 e. The lowest BCUT2D eigenvalue weighted by molar-refractivity contribution is 0.951. The molecule has 0 radical (unpaired) electrons. The molecular weight excluding hydrogens is 284 g/mol. The molecule has 1 aromatic heterocycles. The zero-order valence-corrected chi connectivity index (χ0v) is 12.0. The molecule has 21 heavy (non-hydrogen) atoms. The number of hydrogen-bond donors (Lipinski definition) is 1. The van der Waals surface area contributed by atoms with Gasteiger partial charge in [0.25, 0.3) is 0 Å². The van der Waals surface area contributed by atoms with Gasteiger partial charge in [0.2, 0.25) is 0 Å². The van der Waals surface area contributed by atoms with Gasteiger partial charge in [-0.15, -0.1) is 0 Å². The quantitative estimate of drug-likeness (QED) is 0.807. The first-order chi connectivity index (χ1) is 10.2. The van der Waals surface area contributed by atoms with E-state index in [1.165, 1.54) is 0 Å². The molecular formula is C16H13ClN4. The van der Waals surface area contributed by atoms with Crippen molar-refractivity contribution >= 4 is 22.6 Å². The third-order valence-corrected chi connectivity index (χ3v) is 3.66. The van der Waals surface area contributed by atoms with Gasteiger partial charge in [0, 0.05) is 6.54 Å². The molecule has 0 fully saturated rings. The average Bonchev–Trinajstić information content (AvgIpc) is 2.85. The lowest BCUT2D eigenvalue weighted by atomic mass is 10.2. The van der Waals surface area contributed by atoms with Crippen molar-refractivity contribution in [1.82, 2.24) is 9.55 Å². The molecule has 0 aliphatic carbocycles. The number of benzene rings is 2. The summed E-state index contributed by atoms with van der Waals surface area (Å²) < 4.78 is 1.93. The fourth-order valence-electron chi connectivity index (χ4n) is 2.39. The standard InChI is InChI=1S/C16H13ClN4/c17-12-9-11(10-19)5-6-14(12)21-15-4-2-1-3-13(15)20-16(21)7-8-18/h1-6,9H,7,10,19H2. The number of nitriles is 1. The van der Waals surface area contributed by atoms with Gasteiger partial charge in [0.05, 0.1) is 34.2 Å². The van der Waals surface area contributed by atoms with Gasteiger partial charge < -0.3 is 5.73 Å². The number of rotatable bonds is 3. The summed E-state index contributed by atoms with van der Waals surface area (Å²) in [6.07, 6.45) is 0.226. The number of fused-ring (bicyclic) bond motifs is 1. The number of hydrogen-bond acceptors (Lipinski definition) is 3. The topological polar surface area (TPSA) is 67.6 Å². The molecule has 0 aliphatic rings. The molecule has 3 aromatic rings. The summed E-state index contributed by atoms with van der Waals surface area (Å²) in [5, 5.41) is 9.61. The van der Waals surface area contributed by atoms with Crippen LogP contribution in [-0.2, 0) is 13.0 Å². The lowest BCUT2D eigenvalue weighted by Crippen LogP contribution is -2.03. The summed E-state index contributed by atoms with van der Waals surface area (Å²) >= 11 is 6.39. The molecule has 1 heterocycles. The predicted molar refractivity (Wildman–Crippen MR) is 83.3 cm³/mol. The smallest absolute Gasteiger partial charge is 0.128 e. The van der Waals surface area contributed by atoms with Crippen molar-refractivity contribution in [2.24, 2.45) is 5.73 Å². The van der Waals surface area contributed by atoms with Crippen LogP contribution >= 0.6 is 11.6 Å². The Morgan fingerprint density at radius 2 is 2.05 bits per heavy atom. The molecule has 0 spiro atoms. The Bertz CT molecular complexity index is 845. The first-order valence-corrected chi connectivity index (χ1v) is 6.94. The summed E-state index contributed by atoms with van der Waals surface area (Å²) in [5.41, 5.74) is 9.20. The monoisotopic (exact) mass is 296 g/mol. The summed E-state index contributed by atoms with van der Waals surface area (Å²) in [7, 11) is 0. The molecule has 5 heteroatoms. The van der Waals surface area contributed by atoms with Crippen molar-refractivity contribution in [3.05, 3.63) is 58.9 Å². The number of aromatic nitrogens is 2. The van der Waals surface area contributed by atoms with Crippen molar-refractivity contribution in [3.8, 4) is 11.8 Å². The van der Waals surface area contributed by atoms with Crippen LogP contribution < -0.4 is 5.73 Å². The predicted octanol–water partition coefficient (Wildman–Crippen LogP) is 3.20. The van der Waals surface area contributed by atoms with Crippen LogP contribution in [0.4, 0.5) is 0 Å². The summed E-state index contributed by atoms with van der Waals surface area (Å²) in [6, 6.07) is 15.6. The number of imidazole rings is 1. The maximum Gasteiger partial charge on any atom is 0.128 e. The molecule has 0 saturated heterocycles. The molecule has 3 rings (SSSR count). The fourth-order valence-corrected chi connectivity index (χ4v) is 2.68. The van der Waals surface area contributed by atoms with Crippen molar-refractivity contribution in [2.45, 2.75) is 13.0 Å². The van der Waals surface area contributed by atoms with Crippen LogP contribution in [0.25, 0.3) is 16.7 Å². The van der Waals surface area contributed by atoms with E-state index < -0.39 is 0 Å². The molecule has 2 N–H and O–H groups in total. The zero-order chi connectivity index (χ0) is 14.8. The van der Waals surface area contributed by atoms with Crippen LogP contribution in [-0.4, -0.2) is 9.55 Å². The molecule has 0 amide bonds. The van der Waals surface area contributed by atoms with E-state index in [1.807, 2.05) is 47.0 Å². The van der Waals surface area contributed by atoms with Crippen molar-refractivity contribution in [1.29, 1.82) is 5.26 Å². The normalized spacial score (nSPS) is 10.7. The number of halogens is 1. The first-order valence-electron chi connectivity index (χ1n) is 6.56. The highest BCUT2D eigenvalue weighted by atomic mass is 35.5. The number of nitrogens with two attached hydrogens (primary N) is 1. The fraction of sp³-hybridized carbons (Fsp3) is 0.125. The van der Waals surface area contributed by atoms with Gasteiger partial charge in [-0.2, -0.15) is 5.26 Å². The van der Waals surface area contributed by atoms with E-state index in [9.17, 15) is 0 Å². The second kappa shape index (κ2) is 5.57. The molecule has 0 bridgehead atoms. The summed E-state index contributed by atoms with van der Waals surface area (Å²) in [4.78, 5) is 4.52. The van der Waals surface area contributed by atoms with Gasteiger partial charge in [-0.3, -0.25) is 4.57 Å². The van der Waals surface area contributed by atoms with Gasteiger partial charge in [-0.05, 0) is 29.8 Å². The largest absolute Gasteiger partial charge is 0.326 e. The Labute approximate surface area is 127 Å². The molecule has 0 saturated carbocycles. The highest BCUT2D eigenvalue weighted by Crippen LogP contribution is 2.28. The molecule has 0 unspecified atom stereocenters. The Morgan fingerprint density at radius 1 is 1.24 bits per heavy atom. The highest BCUT2D eigenvalue weighted by Gasteiger charge is 2.14. The maximum absolute atomic E-state index is 9.01. The van der Waals surface area contributed by atoms with E-state index >= 15 is 0 Å². The van der Waals surface area contributed by atoms with Crippen LogP contribution in [0, 0.1) is 11.3 Å². The number of nitrogens with zero attached hydrogens (tertiary/aromatic N) is 3. The van der Waals surface area contributed by atoms with Gasteiger partial charge in [-0.25, -0.2) is 4.98 Å². The Morgan fingerprint density at radius 3 is 2.76 bits per heavy atom. The molecule has 0 aliphatic heterocycles. The summed E-state index contributed by atoms with van der Waals surface area (Å²) in [6.45, 7) is 0.440. The minimum absolute atomic E-state index is 0.226. The van der Waals surface area contributed by atoms with Gasteiger partial charge in [0.15, 0.2) is 0 Å². The van der Waals surface area contributed by atoms with E-state index in [0.29, 0.717) is 17.4 Å². The van der Waals surface area contributed by atoms with Gasteiger partial charge in [0.1, 0.15) is 5.82 Å². The highest BCUT2D eigenvalue weighted by molar-refractivity contribution is 6.32. The molecule has 104 valence electrons. The van der Waals surface area contributed by atoms with E-state index in [2.05, 4.69) is 11.1 Å². The van der Waals surface area contributed by atoms with Crippen LogP contribution in [0.15, 0.2) is 42.5 Å². The summed E-state index contributed by atoms with van der Waals surface area (Å²) in [5.74, 6) is 0.682. The van der Waals surface area contributed by atoms with Crippen LogP contribution in [0.2, 0.25) is 5.02 Å². The van der Waals surface area contributed by atoms with Crippen LogP contribution in [0.5, 0.6) is 0 Å². The first kappa shape index (κ1) is 13.6. The van der Waals surface area contributed by atoms with Crippen LogP contribution in [0.1, 0.15) is 11.4 Å². The third-order valence-electron chi connectivity index (χ3n) is 3.36. The van der Waals surface area contributed by atoms with Gasteiger partial charge >= 0.3 is 0 Å². The van der Waals surface area contributed by atoms with Crippen LogP contribution in [0.3, 0.4) is 0 Å². The molecule has 4 nitrogen and oxygen atoms in total. The van der Waals surface area contributed by atoms with Crippen molar-refractivity contribution < 1.29 is 0 Å². The second-order valence-corrected chi connectivity index (χ2v) is 5.08. The molecule has 0 atom stereocenters. The second-order valence-electron chi connectivity index (χ2n) is 4.68. The minimum atomic E-state index is 0.226. The lowest BCUT2D eigenvalue weighted by Gasteiger charge is -2.11. The van der Waals surface area contributed by atoms with Crippen molar-refractivity contribution in [2.75, 3.05) is 0 Å². The van der Waals surface area contributed by atoms with Gasteiger partial charge in [-0.1, -0.05) is 29.8 Å². The number of para-hydroxylation sites is 2. The Balaban J connectivity index is 2.28. The zero-order valence-electron chi connectivity index (χ0n) is 11.3. The molecule has 2 aromatic carbocycles. The Hall–Kier alpha value is -2.35. The van der Waals surface area contributed by atoms with E-state index in [-0.39, 0.29) is 6.42 Å². The van der Waals surface area contributed by atoms with E-state index in [1.54, 1.807) is 0 Å². The van der Waals surface area contributed by atoms with E-state index in [4.69, 9.17) is 22.6 Å². The van der Waals surface area contributed by atoms with Crippen molar-refractivity contribution in [3.63, 3.8) is 0 Å².